The molecule has 1 aromatic rings. The van der Waals surface area contributed by atoms with Crippen LogP contribution < -0.4 is 5.73 Å². The summed E-state index contributed by atoms with van der Waals surface area (Å²) in [6.45, 7) is 2.89. The average molecular weight is 232 g/mol. The summed E-state index contributed by atoms with van der Waals surface area (Å²) in [5, 5.41) is 1.53. The van der Waals surface area contributed by atoms with Crippen molar-refractivity contribution in [3.63, 3.8) is 0 Å². The largest absolute Gasteiger partial charge is 0.330 e. The van der Waals surface area contributed by atoms with E-state index in [4.69, 9.17) is 28.9 Å². The normalized spacial score (nSPS) is 12.9. The van der Waals surface area contributed by atoms with Crippen molar-refractivity contribution in [1.29, 1.82) is 0 Å². The van der Waals surface area contributed by atoms with Crippen LogP contribution in [0.5, 0.6) is 0 Å². The van der Waals surface area contributed by atoms with Gasteiger partial charge in [-0.15, -0.1) is 0 Å². The van der Waals surface area contributed by atoms with Gasteiger partial charge in [0.15, 0.2) is 0 Å². The molecule has 0 amide bonds. The van der Waals surface area contributed by atoms with Crippen molar-refractivity contribution in [2.45, 2.75) is 19.8 Å². The lowest BCUT2D eigenvalue weighted by molar-refractivity contribution is 0.538. The number of hydrogen-bond donors (Lipinski definition) is 1. The Labute approximate surface area is 95.2 Å². The van der Waals surface area contributed by atoms with Crippen molar-refractivity contribution in [2.75, 3.05) is 6.54 Å². The fourth-order valence-electron chi connectivity index (χ4n) is 1.46. The third-order valence-electron chi connectivity index (χ3n) is 2.24. The number of halogens is 2. The van der Waals surface area contributed by atoms with E-state index in [0.29, 0.717) is 5.92 Å². The number of nitrogens with two attached hydrogens (primary N) is 1. The molecule has 1 aromatic carbocycles. The molecule has 1 atom stereocenters. The lowest BCUT2D eigenvalue weighted by Gasteiger charge is -2.11. The van der Waals surface area contributed by atoms with Crippen molar-refractivity contribution >= 4 is 23.2 Å². The molecule has 0 radical (unpaired) electrons. The first-order valence-electron chi connectivity index (χ1n) is 4.77. The molecule has 0 heterocycles. The van der Waals surface area contributed by atoms with E-state index in [-0.39, 0.29) is 0 Å². The van der Waals surface area contributed by atoms with Gasteiger partial charge in [-0.05, 0) is 49.1 Å². The van der Waals surface area contributed by atoms with Crippen LogP contribution in [0.25, 0.3) is 0 Å². The van der Waals surface area contributed by atoms with Crippen LogP contribution in [0.1, 0.15) is 18.9 Å². The maximum absolute atomic E-state index is 6.05. The molecule has 1 unspecified atom stereocenters. The van der Waals surface area contributed by atoms with Crippen LogP contribution in [0.3, 0.4) is 0 Å². The number of benzene rings is 1. The second-order valence-electron chi connectivity index (χ2n) is 3.62. The van der Waals surface area contributed by atoms with E-state index >= 15 is 0 Å². The summed E-state index contributed by atoms with van der Waals surface area (Å²) in [6, 6.07) is 5.58. The van der Waals surface area contributed by atoms with Gasteiger partial charge in [-0.1, -0.05) is 30.1 Å². The maximum atomic E-state index is 6.05. The van der Waals surface area contributed by atoms with E-state index in [0.717, 1.165) is 35.0 Å². The molecule has 0 bridgehead atoms. The lowest BCUT2D eigenvalue weighted by Crippen LogP contribution is -2.08. The highest BCUT2D eigenvalue weighted by Gasteiger charge is 2.06. The highest BCUT2D eigenvalue weighted by Crippen LogP contribution is 2.23. The minimum atomic E-state index is 0.552. The predicted octanol–water partition coefficient (Wildman–Crippen LogP) is 3.52. The Kier molecular flexibility index (Phi) is 4.73. The van der Waals surface area contributed by atoms with Gasteiger partial charge in [-0.25, -0.2) is 0 Å². The first-order valence-corrected chi connectivity index (χ1v) is 5.53. The molecule has 0 spiro atoms. The quantitative estimate of drug-likeness (QED) is 0.844. The predicted molar refractivity (Wildman–Crippen MR) is 63.0 cm³/mol. The molecule has 0 aromatic heterocycles. The molecule has 1 nitrogen and oxygen atoms in total. The van der Waals surface area contributed by atoms with Gasteiger partial charge < -0.3 is 5.73 Å². The molecule has 3 heteroatoms. The Balaban J connectivity index is 2.70. The summed E-state index contributed by atoms with van der Waals surface area (Å²) < 4.78 is 0. The van der Waals surface area contributed by atoms with Crippen molar-refractivity contribution in [3.8, 4) is 0 Å². The van der Waals surface area contributed by atoms with Crippen LogP contribution in [0.4, 0.5) is 0 Å². The highest BCUT2D eigenvalue weighted by atomic mass is 35.5. The molecular formula is C11H15Cl2N. The van der Waals surface area contributed by atoms with E-state index < -0.39 is 0 Å². The van der Waals surface area contributed by atoms with Crippen molar-refractivity contribution in [3.05, 3.63) is 33.8 Å². The summed E-state index contributed by atoms with van der Waals surface area (Å²) in [7, 11) is 0. The fraction of sp³-hybridized carbons (Fsp3) is 0.455. The molecular weight excluding hydrogens is 217 g/mol. The van der Waals surface area contributed by atoms with Crippen LogP contribution >= 0.6 is 23.2 Å². The Hall–Kier alpha value is -0.240. The maximum Gasteiger partial charge on any atom is 0.0439 e. The van der Waals surface area contributed by atoms with Crippen LogP contribution in [-0.4, -0.2) is 6.54 Å². The molecule has 14 heavy (non-hydrogen) atoms. The fourth-order valence-corrected chi connectivity index (χ4v) is 1.85. The number of rotatable bonds is 4. The van der Waals surface area contributed by atoms with Crippen molar-refractivity contribution in [1.82, 2.24) is 0 Å². The van der Waals surface area contributed by atoms with Crippen LogP contribution in [-0.2, 0) is 6.42 Å². The summed E-state index contributed by atoms with van der Waals surface area (Å²) in [5.41, 5.74) is 6.60. The van der Waals surface area contributed by atoms with Gasteiger partial charge in [0.25, 0.3) is 0 Å². The minimum Gasteiger partial charge on any atom is -0.330 e. The first-order chi connectivity index (χ1) is 6.63. The topological polar surface area (TPSA) is 26.0 Å². The molecule has 0 aliphatic rings. The van der Waals surface area contributed by atoms with Gasteiger partial charge >= 0.3 is 0 Å². The average Bonchev–Trinajstić information content (AvgIpc) is 2.12. The number of hydrogen-bond acceptors (Lipinski definition) is 1. The molecule has 0 saturated heterocycles. The molecule has 1 rings (SSSR count). The second kappa shape index (κ2) is 5.59. The van der Waals surface area contributed by atoms with Gasteiger partial charge in [-0.3, -0.25) is 0 Å². The molecule has 78 valence electrons. The molecule has 0 fully saturated rings. The molecule has 0 saturated carbocycles. The summed E-state index contributed by atoms with van der Waals surface area (Å²) in [4.78, 5) is 0. The van der Waals surface area contributed by atoms with Crippen LogP contribution in [0, 0.1) is 5.92 Å². The van der Waals surface area contributed by atoms with Gasteiger partial charge in [0, 0.05) is 10.0 Å². The van der Waals surface area contributed by atoms with Crippen molar-refractivity contribution < 1.29 is 0 Å². The summed E-state index contributed by atoms with van der Waals surface area (Å²) in [5.74, 6) is 0.552. The summed E-state index contributed by atoms with van der Waals surface area (Å²) in [6.07, 6.45) is 1.96. The highest BCUT2D eigenvalue weighted by molar-refractivity contribution is 6.33. The monoisotopic (exact) mass is 231 g/mol. The van der Waals surface area contributed by atoms with Gasteiger partial charge in [-0.2, -0.15) is 0 Å². The zero-order chi connectivity index (χ0) is 10.6. The Morgan fingerprint density at radius 2 is 2.07 bits per heavy atom. The van der Waals surface area contributed by atoms with E-state index in [2.05, 4.69) is 6.92 Å². The molecule has 0 aliphatic carbocycles. The Morgan fingerprint density at radius 1 is 1.36 bits per heavy atom. The third kappa shape index (κ3) is 3.49. The van der Waals surface area contributed by atoms with Crippen molar-refractivity contribution in [2.24, 2.45) is 11.7 Å². The zero-order valence-corrected chi connectivity index (χ0v) is 9.78. The van der Waals surface area contributed by atoms with Gasteiger partial charge in [0.05, 0.1) is 0 Å². The zero-order valence-electron chi connectivity index (χ0n) is 8.26. The van der Waals surface area contributed by atoms with Gasteiger partial charge in [0.1, 0.15) is 0 Å². The summed E-state index contributed by atoms with van der Waals surface area (Å²) >= 11 is 11.9. The third-order valence-corrected chi connectivity index (χ3v) is 2.84. The van der Waals surface area contributed by atoms with Crippen LogP contribution in [0.2, 0.25) is 10.0 Å². The van der Waals surface area contributed by atoms with E-state index in [1.165, 1.54) is 0 Å². The minimum absolute atomic E-state index is 0.552. The first kappa shape index (κ1) is 11.8. The second-order valence-corrected chi connectivity index (χ2v) is 4.47. The van der Waals surface area contributed by atoms with Gasteiger partial charge in [0.2, 0.25) is 0 Å². The SMILES string of the molecule is CC(CCN)Cc1cc(Cl)ccc1Cl. The smallest absolute Gasteiger partial charge is 0.0439 e. The van der Waals surface area contributed by atoms with Crippen LogP contribution in [0.15, 0.2) is 18.2 Å². The standard InChI is InChI=1S/C11H15Cl2N/c1-8(4-5-14)6-9-7-10(12)2-3-11(9)13/h2-3,7-8H,4-6,14H2,1H3. The molecule has 0 aliphatic heterocycles. The Morgan fingerprint density at radius 3 is 2.71 bits per heavy atom. The van der Waals surface area contributed by atoms with E-state index in [1.807, 2.05) is 12.1 Å². The lowest BCUT2D eigenvalue weighted by atomic mass is 9.98. The van der Waals surface area contributed by atoms with E-state index in [9.17, 15) is 0 Å². The Bertz CT molecular complexity index is 299. The molecule has 2 N–H and O–H groups in total. The van der Waals surface area contributed by atoms with E-state index in [1.54, 1.807) is 6.07 Å².